The maximum absolute atomic E-state index is 11.5. The molecule has 0 heterocycles. The van der Waals surface area contributed by atoms with Crippen LogP contribution in [0.2, 0.25) is 0 Å². The maximum atomic E-state index is 11.5. The number of rotatable bonds is 3. The van der Waals surface area contributed by atoms with Gasteiger partial charge >= 0.3 is 5.97 Å². The molecule has 0 unspecified atom stereocenters. The summed E-state index contributed by atoms with van der Waals surface area (Å²) in [5.41, 5.74) is 6.15. The van der Waals surface area contributed by atoms with E-state index in [1.807, 2.05) is 26.8 Å². The summed E-state index contributed by atoms with van der Waals surface area (Å²) in [5, 5.41) is 8.84. The van der Waals surface area contributed by atoms with E-state index in [0.717, 1.165) is 4.90 Å². The molecule has 0 aliphatic heterocycles. The van der Waals surface area contributed by atoms with Crippen molar-refractivity contribution in [2.45, 2.75) is 31.3 Å². The molecule has 2 N–H and O–H groups in total. The van der Waals surface area contributed by atoms with Crippen molar-refractivity contribution in [1.29, 1.82) is 5.26 Å². The van der Waals surface area contributed by atoms with E-state index in [0.29, 0.717) is 11.3 Å². The summed E-state index contributed by atoms with van der Waals surface area (Å²) in [6, 6.07) is 7.18. The molecule has 0 radical (unpaired) electrons. The second kappa shape index (κ2) is 5.78. The molecular formula is C13H16N2O2S. The van der Waals surface area contributed by atoms with Gasteiger partial charge in [0.1, 0.15) is 11.7 Å². The Balaban J connectivity index is 2.65. The lowest BCUT2D eigenvalue weighted by Gasteiger charge is -2.19. The van der Waals surface area contributed by atoms with E-state index >= 15 is 0 Å². The molecule has 0 saturated carbocycles. The van der Waals surface area contributed by atoms with Gasteiger partial charge in [-0.1, -0.05) is 6.07 Å². The van der Waals surface area contributed by atoms with Crippen molar-refractivity contribution < 1.29 is 9.53 Å². The van der Waals surface area contributed by atoms with Crippen molar-refractivity contribution in [1.82, 2.24) is 0 Å². The fraction of sp³-hybridized carbons (Fsp3) is 0.385. The lowest BCUT2D eigenvalue weighted by molar-refractivity contribution is -0.151. The third kappa shape index (κ3) is 4.30. The molecule has 0 saturated heterocycles. The highest BCUT2D eigenvalue weighted by Crippen LogP contribution is 2.27. The van der Waals surface area contributed by atoms with Gasteiger partial charge in [-0.25, -0.2) is 0 Å². The van der Waals surface area contributed by atoms with E-state index in [4.69, 9.17) is 15.7 Å². The van der Waals surface area contributed by atoms with Gasteiger partial charge in [-0.15, -0.1) is 11.8 Å². The van der Waals surface area contributed by atoms with Crippen molar-refractivity contribution >= 4 is 23.4 Å². The third-order valence-electron chi connectivity index (χ3n) is 1.95. The van der Waals surface area contributed by atoms with Gasteiger partial charge in [-0.3, -0.25) is 4.79 Å². The van der Waals surface area contributed by atoms with Gasteiger partial charge in [0.05, 0.1) is 17.0 Å². The predicted molar refractivity (Wildman–Crippen MR) is 72.1 cm³/mol. The SMILES string of the molecule is CC(C)(C)OC(=O)CSc1cccc(C#N)c1N. The fourth-order valence-electron chi connectivity index (χ4n) is 1.28. The van der Waals surface area contributed by atoms with Crippen LogP contribution in [0.3, 0.4) is 0 Å². The Labute approximate surface area is 111 Å². The van der Waals surface area contributed by atoms with Gasteiger partial charge in [-0.05, 0) is 32.9 Å². The van der Waals surface area contributed by atoms with Crippen LogP contribution in [0, 0.1) is 11.3 Å². The van der Waals surface area contributed by atoms with Crippen LogP contribution in [0.15, 0.2) is 23.1 Å². The smallest absolute Gasteiger partial charge is 0.316 e. The number of carbonyl (C=O) groups is 1. The van der Waals surface area contributed by atoms with E-state index in [9.17, 15) is 4.79 Å². The summed E-state index contributed by atoms with van der Waals surface area (Å²) >= 11 is 1.27. The van der Waals surface area contributed by atoms with E-state index in [1.54, 1.807) is 18.2 Å². The van der Waals surface area contributed by atoms with E-state index in [1.165, 1.54) is 11.8 Å². The molecule has 5 heteroatoms. The van der Waals surface area contributed by atoms with Crippen LogP contribution < -0.4 is 5.73 Å². The number of thioether (sulfide) groups is 1. The van der Waals surface area contributed by atoms with E-state index in [2.05, 4.69) is 0 Å². The average Bonchev–Trinajstić information content (AvgIpc) is 2.25. The largest absolute Gasteiger partial charge is 0.459 e. The third-order valence-corrected chi connectivity index (χ3v) is 3.00. The van der Waals surface area contributed by atoms with Crippen LogP contribution in [0.1, 0.15) is 26.3 Å². The van der Waals surface area contributed by atoms with Crippen LogP contribution in [0.5, 0.6) is 0 Å². The Morgan fingerprint density at radius 3 is 2.72 bits per heavy atom. The highest BCUT2D eigenvalue weighted by Gasteiger charge is 2.16. The zero-order valence-corrected chi connectivity index (χ0v) is 11.5. The van der Waals surface area contributed by atoms with Crippen molar-refractivity contribution in [3.8, 4) is 6.07 Å². The van der Waals surface area contributed by atoms with Gasteiger partial charge in [0, 0.05) is 4.90 Å². The van der Waals surface area contributed by atoms with Gasteiger partial charge in [0.25, 0.3) is 0 Å². The minimum Gasteiger partial charge on any atom is -0.459 e. The minimum atomic E-state index is -0.488. The Kier molecular flexibility index (Phi) is 4.62. The Morgan fingerprint density at radius 2 is 2.17 bits per heavy atom. The van der Waals surface area contributed by atoms with Crippen LogP contribution in [0.25, 0.3) is 0 Å². The van der Waals surface area contributed by atoms with Gasteiger partial charge in [0.15, 0.2) is 0 Å². The summed E-state index contributed by atoms with van der Waals surface area (Å²) in [6.07, 6.45) is 0. The normalized spacial score (nSPS) is 10.8. The number of esters is 1. The van der Waals surface area contributed by atoms with Gasteiger partial charge in [-0.2, -0.15) is 5.26 Å². The van der Waals surface area contributed by atoms with Crippen LogP contribution in [-0.2, 0) is 9.53 Å². The number of hydrogen-bond donors (Lipinski definition) is 1. The van der Waals surface area contributed by atoms with Crippen LogP contribution in [-0.4, -0.2) is 17.3 Å². The lowest BCUT2D eigenvalue weighted by Crippen LogP contribution is -2.24. The van der Waals surface area contributed by atoms with Crippen molar-refractivity contribution in [2.24, 2.45) is 0 Å². The first-order valence-corrected chi connectivity index (χ1v) is 6.45. The number of hydrogen-bond acceptors (Lipinski definition) is 5. The molecule has 1 rings (SSSR count). The maximum Gasteiger partial charge on any atom is 0.316 e. The molecule has 0 bridgehead atoms. The highest BCUT2D eigenvalue weighted by molar-refractivity contribution is 8.00. The second-order valence-electron chi connectivity index (χ2n) is 4.70. The number of para-hydroxylation sites is 1. The Hall–Kier alpha value is -1.67. The number of nitrogen functional groups attached to an aromatic ring is 1. The molecule has 0 aromatic heterocycles. The minimum absolute atomic E-state index is 0.177. The van der Waals surface area contributed by atoms with E-state index in [-0.39, 0.29) is 11.7 Å². The number of nitriles is 1. The summed E-state index contributed by atoms with van der Waals surface area (Å²) in [4.78, 5) is 12.3. The number of nitrogens with zero attached hydrogens (tertiary/aromatic N) is 1. The molecule has 1 aromatic carbocycles. The van der Waals surface area contributed by atoms with Gasteiger partial charge < -0.3 is 10.5 Å². The number of nitrogens with two attached hydrogens (primary N) is 1. The predicted octanol–water partition coefficient (Wildman–Crippen LogP) is 2.57. The van der Waals surface area contributed by atoms with Crippen molar-refractivity contribution in [2.75, 3.05) is 11.5 Å². The second-order valence-corrected chi connectivity index (χ2v) is 5.72. The summed E-state index contributed by atoms with van der Waals surface area (Å²) in [5.74, 6) is -0.120. The molecule has 1 aromatic rings. The molecule has 0 atom stereocenters. The zero-order valence-electron chi connectivity index (χ0n) is 10.7. The molecular weight excluding hydrogens is 248 g/mol. The number of benzene rings is 1. The number of carbonyl (C=O) groups excluding carboxylic acids is 1. The Morgan fingerprint density at radius 1 is 1.50 bits per heavy atom. The number of ether oxygens (including phenoxy) is 1. The standard InChI is InChI=1S/C13H16N2O2S/c1-13(2,3)17-11(16)8-18-10-6-4-5-9(7-14)12(10)15/h4-6H,8,15H2,1-3H3. The summed E-state index contributed by atoms with van der Waals surface area (Å²) in [6.45, 7) is 5.46. The molecule has 96 valence electrons. The fourth-order valence-corrected chi connectivity index (χ4v) is 2.05. The molecule has 0 aliphatic rings. The topological polar surface area (TPSA) is 76.1 Å². The molecule has 0 fully saturated rings. The van der Waals surface area contributed by atoms with E-state index < -0.39 is 5.60 Å². The molecule has 0 aliphatic carbocycles. The molecule has 4 nitrogen and oxygen atoms in total. The summed E-state index contributed by atoms with van der Waals surface area (Å²) < 4.78 is 5.19. The molecule has 18 heavy (non-hydrogen) atoms. The quantitative estimate of drug-likeness (QED) is 0.516. The number of anilines is 1. The van der Waals surface area contributed by atoms with Crippen LogP contribution in [0.4, 0.5) is 5.69 Å². The first-order chi connectivity index (χ1) is 8.33. The Bertz CT molecular complexity index is 487. The monoisotopic (exact) mass is 264 g/mol. The van der Waals surface area contributed by atoms with Crippen LogP contribution >= 0.6 is 11.8 Å². The van der Waals surface area contributed by atoms with Crippen molar-refractivity contribution in [3.05, 3.63) is 23.8 Å². The average molecular weight is 264 g/mol. The van der Waals surface area contributed by atoms with Crippen molar-refractivity contribution in [3.63, 3.8) is 0 Å². The highest BCUT2D eigenvalue weighted by atomic mass is 32.2. The first-order valence-electron chi connectivity index (χ1n) is 5.47. The zero-order chi connectivity index (χ0) is 13.8. The molecule has 0 spiro atoms. The van der Waals surface area contributed by atoms with Gasteiger partial charge in [0.2, 0.25) is 0 Å². The molecule has 0 amide bonds. The first kappa shape index (κ1) is 14.4. The summed E-state index contributed by atoms with van der Waals surface area (Å²) in [7, 11) is 0. The lowest BCUT2D eigenvalue weighted by atomic mass is 10.2.